The van der Waals surface area contributed by atoms with Crippen molar-refractivity contribution in [1.29, 1.82) is 0 Å². The minimum absolute atomic E-state index is 0.441. The first-order chi connectivity index (χ1) is 10.7. The molecular formula is C17H19N3O2. The second kappa shape index (κ2) is 6.05. The Morgan fingerprint density at radius 2 is 1.95 bits per heavy atom. The summed E-state index contributed by atoms with van der Waals surface area (Å²) in [6.07, 6.45) is 4.19. The molecule has 0 bridgehead atoms. The third kappa shape index (κ3) is 2.88. The summed E-state index contributed by atoms with van der Waals surface area (Å²) in [5.41, 5.74) is 8.99. The van der Waals surface area contributed by atoms with Gasteiger partial charge in [-0.15, -0.1) is 0 Å². The van der Waals surface area contributed by atoms with Crippen LogP contribution in [0.15, 0.2) is 30.3 Å². The highest BCUT2D eigenvalue weighted by Crippen LogP contribution is 2.27. The van der Waals surface area contributed by atoms with Gasteiger partial charge in [0, 0.05) is 11.4 Å². The number of nitrogens with one attached hydrogen (secondary N) is 1. The van der Waals surface area contributed by atoms with Crippen LogP contribution in [0.25, 0.3) is 0 Å². The number of hydrogen-bond acceptors (Lipinski definition) is 4. The lowest BCUT2D eigenvalue weighted by Crippen LogP contribution is -2.17. The molecule has 114 valence electrons. The molecule has 0 unspecified atom stereocenters. The first kappa shape index (κ1) is 14.4. The molecule has 1 aromatic heterocycles. The van der Waals surface area contributed by atoms with Crippen molar-refractivity contribution in [3.8, 4) is 5.75 Å². The number of primary amides is 1. The number of ether oxygens (including phenoxy) is 1. The predicted molar refractivity (Wildman–Crippen MR) is 85.7 cm³/mol. The van der Waals surface area contributed by atoms with E-state index in [0.29, 0.717) is 11.4 Å². The van der Waals surface area contributed by atoms with Crippen LogP contribution in [-0.4, -0.2) is 18.0 Å². The van der Waals surface area contributed by atoms with Gasteiger partial charge in [0.05, 0.1) is 12.7 Å². The molecule has 0 aliphatic heterocycles. The van der Waals surface area contributed by atoms with Gasteiger partial charge in [-0.2, -0.15) is 0 Å². The number of fused-ring (bicyclic) bond motifs is 1. The smallest absolute Gasteiger partial charge is 0.252 e. The van der Waals surface area contributed by atoms with Gasteiger partial charge in [-0.05, 0) is 61.6 Å². The normalized spacial score (nSPS) is 13.3. The molecule has 2 aromatic rings. The summed E-state index contributed by atoms with van der Waals surface area (Å²) in [4.78, 5) is 16.3. The van der Waals surface area contributed by atoms with Gasteiger partial charge in [0.25, 0.3) is 5.91 Å². The Balaban J connectivity index is 1.95. The number of pyridine rings is 1. The molecule has 1 amide bonds. The Labute approximate surface area is 129 Å². The van der Waals surface area contributed by atoms with Crippen molar-refractivity contribution in [2.45, 2.75) is 25.7 Å². The van der Waals surface area contributed by atoms with E-state index in [1.165, 1.54) is 0 Å². The van der Waals surface area contributed by atoms with E-state index in [1.54, 1.807) is 7.11 Å². The number of methoxy groups -OCH3 is 1. The van der Waals surface area contributed by atoms with Crippen LogP contribution in [0, 0.1) is 0 Å². The number of carbonyl (C=O) groups excluding carboxylic acids is 1. The Morgan fingerprint density at radius 1 is 1.23 bits per heavy atom. The van der Waals surface area contributed by atoms with Crippen LogP contribution in [0.1, 0.15) is 34.5 Å². The van der Waals surface area contributed by atoms with Crippen molar-refractivity contribution in [1.82, 2.24) is 4.98 Å². The molecule has 1 heterocycles. The summed E-state index contributed by atoms with van der Waals surface area (Å²) in [7, 11) is 1.62. The second-order valence-corrected chi connectivity index (χ2v) is 5.42. The van der Waals surface area contributed by atoms with Crippen molar-refractivity contribution in [2.75, 3.05) is 12.4 Å². The van der Waals surface area contributed by atoms with Crippen LogP contribution in [0.2, 0.25) is 0 Å². The van der Waals surface area contributed by atoms with E-state index in [4.69, 9.17) is 10.5 Å². The van der Waals surface area contributed by atoms with Gasteiger partial charge >= 0.3 is 0 Å². The Kier molecular flexibility index (Phi) is 3.96. The van der Waals surface area contributed by atoms with E-state index in [1.807, 2.05) is 30.3 Å². The SMILES string of the molecule is COc1ccc(Nc2nc3c(cc2C(N)=O)CCCC3)cc1. The second-order valence-electron chi connectivity index (χ2n) is 5.42. The number of hydrogen-bond donors (Lipinski definition) is 2. The Hall–Kier alpha value is -2.56. The average molecular weight is 297 g/mol. The summed E-state index contributed by atoms with van der Waals surface area (Å²) < 4.78 is 5.14. The minimum atomic E-state index is -0.461. The maximum absolute atomic E-state index is 11.7. The number of rotatable bonds is 4. The predicted octanol–water partition coefficient (Wildman–Crippen LogP) is 2.81. The van der Waals surface area contributed by atoms with Gasteiger partial charge in [-0.3, -0.25) is 4.79 Å². The highest BCUT2D eigenvalue weighted by molar-refractivity contribution is 5.98. The number of benzene rings is 1. The zero-order chi connectivity index (χ0) is 15.5. The molecule has 0 saturated heterocycles. The zero-order valence-corrected chi connectivity index (χ0v) is 12.6. The largest absolute Gasteiger partial charge is 0.497 e. The average Bonchev–Trinajstić information content (AvgIpc) is 2.54. The molecule has 0 atom stereocenters. The van der Waals surface area contributed by atoms with Crippen molar-refractivity contribution in [3.63, 3.8) is 0 Å². The van der Waals surface area contributed by atoms with Crippen LogP contribution in [0.5, 0.6) is 5.75 Å². The molecule has 3 N–H and O–H groups in total. The van der Waals surface area contributed by atoms with Gasteiger partial charge in [-0.1, -0.05) is 0 Å². The Bertz CT molecular complexity index is 696. The summed E-state index contributed by atoms with van der Waals surface area (Å²) >= 11 is 0. The fourth-order valence-corrected chi connectivity index (χ4v) is 2.73. The molecule has 5 heteroatoms. The lowest BCUT2D eigenvalue weighted by molar-refractivity contribution is 0.100. The number of nitrogens with zero attached hydrogens (tertiary/aromatic N) is 1. The van der Waals surface area contributed by atoms with Gasteiger partial charge < -0.3 is 15.8 Å². The maximum atomic E-state index is 11.7. The molecule has 3 rings (SSSR count). The van der Waals surface area contributed by atoms with Crippen LogP contribution < -0.4 is 15.8 Å². The highest BCUT2D eigenvalue weighted by Gasteiger charge is 2.18. The Morgan fingerprint density at radius 3 is 2.64 bits per heavy atom. The lowest BCUT2D eigenvalue weighted by atomic mass is 9.94. The molecule has 0 fully saturated rings. The van der Waals surface area contributed by atoms with Gasteiger partial charge in [0.1, 0.15) is 11.6 Å². The minimum Gasteiger partial charge on any atom is -0.497 e. The van der Waals surface area contributed by atoms with E-state index in [0.717, 1.165) is 48.4 Å². The summed E-state index contributed by atoms with van der Waals surface area (Å²) in [6.45, 7) is 0. The number of anilines is 2. The molecule has 1 aliphatic rings. The summed E-state index contributed by atoms with van der Waals surface area (Å²) in [5.74, 6) is 0.842. The maximum Gasteiger partial charge on any atom is 0.252 e. The van der Waals surface area contributed by atoms with Crippen molar-refractivity contribution in [2.24, 2.45) is 5.73 Å². The van der Waals surface area contributed by atoms with E-state index in [-0.39, 0.29) is 0 Å². The van der Waals surface area contributed by atoms with Gasteiger partial charge in [0.2, 0.25) is 0 Å². The third-order valence-corrected chi connectivity index (χ3v) is 3.92. The number of aryl methyl sites for hydroxylation is 2. The fourth-order valence-electron chi connectivity index (χ4n) is 2.73. The van der Waals surface area contributed by atoms with E-state index in [9.17, 15) is 4.79 Å². The lowest BCUT2D eigenvalue weighted by Gasteiger charge is -2.18. The fraction of sp³-hybridized carbons (Fsp3) is 0.294. The standard InChI is InChI=1S/C17H19N3O2/c1-22-13-8-6-12(7-9-13)19-17-14(16(18)21)10-11-4-2-3-5-15(11)20-17/h6-10H,2-5H2,1H3,(H2,18,21)(H,19,20). The third-order valence-electron chi connectivity index (χ3n) is 3.92. The number of nitrogens with two attached hydrogens (primary N) is 1. The quantitative estimate of drug-likeness (QED) is 0.909. The van der Waals surface area contributed by atoms with Gasteiger partial charge in [-0.25, -0.2) is 4.98 Å². The van der Waals surface area contributed by atoms with E-state index in [2.05, 4.69) is 10.3 Å². The van der Waals surface area contributed by atoms with Crippen molar-refractivity contribution < 1.29 is 9.53 Å². The summed E-state index contributed by atoms with van der Waals surface area (Å²) in [6, 6.07) is 9.35. The van der Waals surface area contributed by atoms with Crippen LogP contribution in [-0.2, 0) is 12.8 Å². The topological polar surface area (TPSA) is 77.2 Å². The first-order valence-electron chi connectivity index (χ1n) is 7.41. The summed E-state index contributed by atoms with van der Waals surface area (Å²) in [5, 5.41) is 3.19. The van der Waals surface area contributed by atoms with Gasteiger partial charge in [0.15, 0.2) is 0 Å². The molecular weight excluding hydrogens is 278 g/mol. The molecule has 0 radical (unpaired) electrons. The number of carbonyl (C=O) groups is 1. The van der Waals surface area contributed by atoms with E-state index < -0.39 is 5.91 Å². The molecule has 22 heavy (non-hydrogen) atoms. The molecule has 5 nitrogen and oxygen atoms in total. The molecule has 0 spiro atoms. The van der Waals surface area contributed by atoms with Crippen LogP contribution in [0.3, 0.4) is 0 Å². The number of aromatic nitrogens is 1. The first-order valence-corrected chi connectivity index (χ1v) is 7.41. The molecule has 1 aromatic carbocycles. The van der Waals surface area contributed by atoms with Crippen LogP contribution >= 0.6 is 0 Å². The number of amides is 1. The molecule has 1 aliphatic carbocycles. The zero-order valence-electron chi connectivity index (χ0n) is 12.6. The van der Waals surface area contributed by atoms with Crippen molar-refractivity contribution >= 4 is 17.4 Å². The molecule has 0 saturated carbocycles. The van der Waals surface area contributed by atoms with Crippen molar-refractivity contribution in [3.05, 3.63) is 47.2 Å². The highest BCUT2D eigenvalue weighted by atomic mass is 16.5. The monoisotopic (exact) mass is 297 g/mol. The van der Waals surface area contributed by atoms with E-state index >= 15 is 0 Å². The van der Waals surface area contributed by atoms with Crippen LogP contribution in [0.4, 0.5) is 11.5 Å².